The van der Waals surface area contributed by atoms with E-state index in [-0.39, 0.29) is 11.3 Å². The highest BCUT2D eigenvalue weighted by Gasteiger charge is 2.20. The zero-order valence-electron chi connectivity index (χ0n) is 11.9. The van der Waals surface area contributed by atoms with Crippen LogP contribution in [-0.4, -0.2) is 21.2 Å². The molecule has 0 bridgehead atoms. The van der Waals surface area contributed by atoms with Gasteiger partial charge in [0.25, 0.3) is 0 Å². The molecule has 0 aliphatic heterocycles. The Morgan fingerprint density at radius 1 is 1.32 bits per heavy atom. The number of benzene rings is 1. The maximum Gasteiger partial charge on any atom is 0.405 e. The van der Waals surface area contributed by atoms with Gasteiger partial charge < -0.3 is 10.4 Å². The van der Waals surface area contributed by atoms with E-state index in [1.54, 1.807) is 6.20 Å². The Bertz CT molecular complexity index is 706. The molecule has 22 heavy (non-hydrogen) atoms. The van der Waals surface area contributed by atoms with Crippen molar-refractivity contribution in [2.24, 2.45) is 0 Å². The van der Waals surface area contributed by atoms with Crippen LogP contribution in [0.4, 0.5) is 4.79 Å². The molecule has 2 aromatic rings. The molecule has 3 rings (SSSR count). The molecule has 2 N–H and O–H groups in total. The average molecular weight is 318 g/mol. The van der Waals surface area contributed by atoms with Gasteiger partial charge in [-0.25, -0.2) is 14.8 Å². The molecule has 114 valence electrons. The number of aryl methyl sites for hydroxylation is 1. The Labute approximate surface area is 133 Å². The number of nitrogens with zero attached hydrogens (tertiary/aromatic N) is 2. The van der Waals surface area contributed by atoms with Gasteiger partial charge in [0.1, 0.15) is 0 Å². The van der Waals surface area contributed by atoms with E-state index in [4.69, 9.17) is 16.7 Å². The van der Waals surface area contributed by atoms with E-state index in [0.29, 0.717) is 0 Å². The highest BCUT2D eigenvalue weighted by Crippen LogP contribution is 2.31. The largest absolute Gasteiger partial charge is 0.465 e. The summed E-state index contributed by atoms with van der Waals surface area (Å²) >= 11 is 5.85. The van der Waals surface area contributed by atoms with Crippen molar-refractivity contribution in [3.05, 3.63) is 46.9 Å². The van der Waals surface area contributed by atoms with Crippen molar-refractivity contribution in [1.29, 1.82) is 0 Å². The topological polar surface area (TPSA) is 75.1 Å². The van der Waals surface area contributed by atoms with E-state index < -0.39 is 6.09 Å². The van der Waals surface area contributed by atoms with Gasteiger partial charge >= 0.3 is 6.09 Å². The minimum atomic E-state index is -0.982. The third-order valence-corrected chi connectivity index (χ3v) is 4.11. The lowest BCUT2D eigenvalue weighted by atomic mass is 9.96. The second-order valence-corrected chi connectivity index (χ2v) is 5.71. The molecular formula is C16H16ClN3O2. The van der Waals surface area contributed by atoms with Crippen molar-refractivity contribution in [2.75, 3.05) is 0 Å². The third kappa shape index (κ3) is 3.20. The summed E-state index contributed by atoms with van der Waals surface area (Å²) in [6.45, 7) is 0. The molecule has 0 fully saturated rings. The molecule has 5 nitrogen and oxygen atoms in total. The molecule has 6 heteroatoms. The third-order valence-electron chi connectivity index (χ3n) is 3.93. The van der Waals surface area contributed by atoms with Crippen LogP contribution in [0.25, 0.3) is 11.3 Å². The van der Waals surface area contributed by atoms with Gasteiger partial charge in [-0.1, -0.05) is 18.6 Å². The smallest absolute Gasteiger partial charge is 0.405 e. The fraction of sp³-hybridized carbons (Fsp3) is 0.312. The molecule has 1 aromatic heterocycles. The Hall–Kier alpha value is -2.14. The fourth-order valence-corrected chi connectivity index (χ4v) is 3.08. The van der Waals surface area contributed by atoms with Crippen molar-refractivity contribution < 1.29 is 9.90 Å². The van der Waals surface area contributed by atoms with Crippen molar-refractivity contribution >= 4 is 17.7 Å². The van der Waals surface area contributed by atoms with Crippen LogP contribution in [0.15, 0.2) is 30.5 Å². The van der Waals surface area contributed by atoms with Crippen molar-refractivity contribution in [2.45, 2.75) is 31.7 Å². The number of rotatable bonds is 2. The first-order valence-electron chi connectivity index (χ1n) is 7.24. The number of carbonyl (C=O) groups is 1. The summed E-state index contributed by atoms with van der Waals surface area (Å²) in [5.41, 5.74) is 3.97. The summed E-state index contributed by atoms with van der Waals surface area (Å²) in [6.07, 6.45) is 4.49. The zero-order chi connectivity index (χ0) is 15.5. The lowest BCUT2D eigenvalue weighted by molar-refractivity contribution is 0.189. The number of aromatic nitrogens is 2. The Kier molecular flexibility index (Phi) is 4.24. The normalized spacial score (nSPS) is 17.4. The highest BCUT2D eigenvalue weighted by molar-refractivity contribution is 6.28. The molecule has 1 atom stereocenters. The molecule has 1 aromatic carbocycles. The van der Waals surface area contributed by atoms with Gasteiger partial charge in [-0.3, -0.25) is 0 Å². The van der Waals surface area contributed by atoms with Gasteiger partial charge in [0.2, 0.25) is 5.28 Å². The summed E-state index contributed by atoms with van der Waals surface area (Å²) in [6, 6.07) is 7.71. The second kappa shape index (κ2) is 6.32. The van der Waals surface area contributed by atoms with Gasteiger partial charge in [0.05, 0.1) is 11.7 Å². The van der Waals surface area contributed by atoms with E-state index in [9.17, 15) is 4.79 Å². The molecule has 0 spiro atoms. The van der Waals surface area contributed by atoms with Gasteiger partial charge in [0.15, 0.2) is 0 Å². The van der Waals surface area contributed by atoms with Crippen LogP contribution in [-0.2, 0) is 6.42 Å². The zero-order valence-corrected chi connectivity index (χ0v) is 12.7. The second-order valence-electron chi connectivity index (χ2n) is 5.37. The van der Waals surface area contributed by atoms with E-state index in [0.717, 1.165) is 42.5 Å². The molecule has 1 aliphatic rings. The monoisotopic (exact) mass is 317 g/mol. The first kappa shape index (κ1) is 14.8. The van der Waals surface area contributed by atoms with Gasteiger partial charge in [-0.15, -0.1) is 0 Å². The number of hydrogen-bond donors (Lipinski definition) is 2. The number of hydrogen-bond acceptors (Lipinski definition) is 3. The number of fused-ring (bicyclic) bond motifs is 1. The van der Waals surface area contributed by atoms with Crippen LogP contribution < -0.4 is 5.32 Å². The van der Waals surface area contributed by atoms with Gasteiger partial charge in [-0.2, -0.15) is 0 Å². The van der Waals surface area contributed by atoms with E-state index in [2.05, 4.69) is 21.4 Å². The van der Waals surface area contributed by atoms with Crippen molar-refractivity contribution in [1.82, 2.24) is 15.3 Å². The Morgan fingerprint density at radius 3 is 2.95 bits per heavy atom. The maximum absolute atomic E-state index is 11.0. The van der Waals surface area contributed by atoms with Gasteiger partial charge in [0, 0.05) is 11.8 Å². The van der Waals surface area contributed by atoms with Crippen LogP contribution >= 0.6 is 11.6 Å². The van der Waals surface area contributed by atoms with Crippen molar-refractivity contribution in [3.8, 4) is 11.3 Å². The van der Waals surface area contributed by atoms with Crippen LogP contribution in [0, 0.1) is 0 Å². The predicted octanol–water partition coefficient (Wildman–Crippen LogP) is 3.83. The summed E-state index contributed by atoms with van der Waals surface area (Å²) in [5.74, 6) is 0. The van der Waals surface area contributed by atoms with Crippen LogP contribution in [0.2, 0.25) is 5.28 Å². The summed E-state index contributed by atoms with van der Waals surface area (Å²) in [4.78, 5) is 19.1. The molecule has 0 radical (unpaired) electrons. The number of amides is 1. The summed E-state index contributed by atoms with van der Waals surface area (Å²) in [5, 5.41) is 11.8. The van der Waals surface area contributed by atoms with Crippen molar-refractivity contribution in [3.63, 3.8) is 0 Å². The molecule has 0 saturated heterocycles. The number of nitrogens with one attached hydrogen (secondary N) is 1. The molecule has 0 saturated carbocycles. The molecule has 1 aliphatic carbocycles. The highest BCUT2D eigenvalue weighted by atomic mass is 35.5. The Balaban J connectivity index is 1.98. The molecule has 1 amide bonds. The number of carboxylic acid groups (broad SMARTS) is 1. The average Bonchev–Trinajstić information content (AvgIpc) is 2.69. The summed E-state index contributed by atoms with van der Waals surface area (Å²) < 4.78 is 0. The number of halogens is 1. The van der Waals surface area contributed by atoms with Gasteiger partial charge in [-0.05, 0) is 54.1 Å². The quantitative estimate of drug-likeness (QED) is 0.652. The summed E-state index contributed by atoms with van der Waals surface area (Å²) in [7, 11) is 0. The molecule has 1 unspecified atom stereocenters. The predicted molar refractivity (Wildman–Crippen MR) is 83.9 cm³/mol. The Morgan fingerprint density at radius 2 is 2.18 bits per heavy atom. The molecular weight excluding hydrogens is 302 g/mol. The van der Waals surface area contributed by atoms with E-state index in [1.807, 2.05) is 18.2 Å². The lowest BCUT2D eigenvalue weighted by Gasteiger charge is -2.18. The van der Waals surface area contributed by atoms with Crippen LogP contribution in [0.3, 0.4) is 0 Å². The lowest BCUT2D eigenvalue weighted by Crippen LogP contribution is -2.26. The first-order chi connectivity index (χ1) is 10.6. The van der Waals surface area contributed by atoms with E-state index in [1.165, 1.54) is 5.56 Å². The first-order valence-corrected chi connectivity index (χ1v) is 7.62. The standard InChI is InChI=1S/C16H16ClN3O2/c17-15-18-8-7-13(19-15)11-5-6-12-10(9-11)3-1-2-4-14(12)20-16(21)22/h5-9,14,20H,1-4H2,(H,21,22). The van der Waals surface area contributed by atoms with E-state index >= 15 is 0 Å². The minimum Gasteiger partial charge on any atom is -0.465 e. The minimum absolute atomic E-state index is 0.141. The fourth-order valence-electron chi connectivity index (χ4n) is 2.94. The molecule has 1 heterocycles. The maximum atomic E-state index is 11.0. The van der Waals surface area contributed by atoms with Crippen LogP contribution in [0.5, 0.6) is 0 Å². The SMILES string of the molecule is O=C(O)NC1CCCCc2cc(-c3ccnc(Cl)n3)ccc21. The van der Waals surface area contributed by atoms with Crippen LogP contribution in [0.1, 0.15) is 36.4 Å².